The first-order valence-corrected chi connectivity index (χ1v) is 6.74. The van der Waals surface area contributed by atoms with E-state index < -0.39 is 11.9 Å². The number of hydrogen-bond donors (Lipinski definition) is 1. The smallest absolute Gasteiger partial charge is 0.142 e. The third kappa shape index (κ3) is 3.50. The molecule has 2 aromatic rings. The highest BCUT2D eigenvalue weighted by Crippen LogP contribution is 2.23. The van der Waals surface area contributed by atoms with Gasteiger partial charge in [0.05, 0.1) is 11.1 Å². The molecule has 0 aromatic heterocycles. The second-order valence-electron chi connectivity index (χ2n) is 4.95. The fourth-order valence-electron chi connectivity index (χ4n) is 2.00. The van der Waals surface area contributed by atoms with E-state index in [2.05, 4.69) is 0 Å². The van der Waals surface area contributed by atoms with Crippen LogP contribution in [0.15, 0.2) is 42.5 Å². The summed E-state index contributed by atoms with van der Waals surface area (Å²) in [5, 5.41) is 10.3. The molecular weight excluding hydrogens is 277 g/mol. The minimum atomic E-state index is -0.660. The molecule has 0 spiro atoms. The van der Waals surface area contributed by atoms with Gasteiger partial charge in [-0.3, -0.25) is 0 Å². The summed E-state index contributed by atoms with van der Waals surface area (Å²) >= 11 is 5.64. The Morgan fingerprint density at radius 3 is 2.35 bits per heavy atom. The maximum Gasteiger partial charge on any atom is 0.142 e. The van der Waals surface area contributed by atoms with Crippen molar-refractivity contribution in [2.45, 2.75) is 12.5 Å². The molecule has 1 unspecified atom stereocenters. The second kappa shape index (κ2) is 6.25. The van der Waals surface area contributed by atoms with Gasteiger partial charge in [-0.15, -0.1) is 0 Å². The molecule has 0 aliphatic rings. The van der Waals surface area contributed by atoms with E-state index in [0.717, 1.165) is 16.8 Å². The zero-order valence-electron chi connectivity index (χ0n) is 11.5. The van der Waals surface area contributed by atoms with Crippen molar-refractivity contribution < 1.29 is 9.50 Å². The molecule has 0 radical (unpaired) electrons. The predicted molar refractivity (Wildman–Crippen MR) is 80.8 cm³/mol. The third-order valence-electron chi connectivity index (χ3n) is 3.21. The van der Waals surface area contributed by atoms with Crippen LogP contribution in [-0.2, 0) is 6.42 Å². The van der Waals surface area contributed by atoms with Gasteiger partial charge < -0.3 is 10.0 Å². The van der Waals surface area contributed by atoms with Crippen LogP contribution in [0.3, 0.4) is 0 Å². The molecule has 1 atom stereocenters. The first-order valence-electron chi connectivity index (χ1n) is 6.36. The minimum absolute atomic E-state index is 0.0959. The maximum absolute atomic E-state index is 13.4. The standard InChI is InChI=1S/C16H17ClFNO/c1-19(2)13-6-4-12(5-7-13)16(20)10-11-3-8-14(17)15(18)9-11/h3-9,16,20H,10H2,1-2H3. The van der Waals surface area contributed by atoms with Crippen molar-refractivity contribution in [3.63, 3.8) is 0 Å². The molecule has 0 fully saturated rings. The van der Waals surface area contributed by atoms with Crippen molar-refractivity contribution in [1.29, 1.82) is 0 Å². The van der Waals surface area contributed by atoms with E-state index in [-0.39, 0.29) is 5.02 Å². The summed E-state index contributed by atoms with van der Waals surface area (Å²) < 4.78 is 13.4. The van der Waals surface area contributed by atoms with Crippen molar-refractivity contribution in [3.05, 3.63) is 64.4 Å². The predicted octanol–water partition coefficient (Wildman–Crippen LogP) is 3.82. The Hall–Kier alpha value is -1.58. The molecule has 20 heavy (non-hydrogen) atoms. The molecule has 0 saturated heterocycles. The van der Waals surface area contributed by atoms with Crippen LogP contribution in [0.2, 0.25) is 5.02 Å². The second-order valence-corrected chi connectivity index (χ2v) is 5.36. The van der Waals surface area contributed by atoms with Crippen molar-refractivity contribution >= 4 is 17.3 Å². The van der Waals surface area contributed by atoms with Crippen LogP contribution in [0, 0.1) is 5.82 Å². The monoisotopic (exact) mass is 293 g/mol. The molecule has 1 N–H and O–H groups in total. The lowest BCUT2D eigenvalue weighted by molar-refractivity contribution is 0.178. The van der Waals surface area contributed by atoms with E-state index in [0.29, 0.717) is 6.42 Å². The zero-order valence-corrected chi connectivity index (χ0v) is 12.2. The number of benzene rings is 2. The summed E-state index contributed by atoms with van der Waals surface area (Å²) in [6, 6.07) is 12.2. The molecule has 2 rings (SSSR count). The Balaban J connectivity index is 2.10. The molecule has 0 bridgehead atoms. The molecule has 0 saturated carbocycles. The number of hydrogen-bond acceptors (Lipinski definition) is 2. The first-order chi connectivity index (χ1) is 9.47. The molecule has 0 amide bonds. The zero-order chi connectivity index (χ0) is 14.7. The Bertz CT molecular complexity index is 584. The van der Waals surface area contributed by atoms with E-state index in [1.54, 1.807) is 6.07 Å². The van der Waals surface area contributed by atoms with Gasteiger partial charge in [0.15, 0.2) is 0 Å². The van der Waals surface area contributed by atoms with E-state index >= 15 is 0 Å². The minimum Gasteiger partial charge on any atom is -0.388 e. The van der Waals surface area contributed by atoms with Crippen LogP contribution in [0.1, 0.15) is 17.2 Å². The Morgan fingerprint density at radius 1 is 1.15 bits per heavy atom. The highest BCUT2D eigenvalue weighted by molar-refractivity contribution is 6.30. The van der Waals surface area contributed by atoms with Crippen molar-refractivity contribution in [2.75, 3.05) is 19.0 Å². The fraction of sp³-hybridized carbons (Fsp3) is 0.250. The van der Waals surface area contributed by atoms with Crippen LogP contribution in [0.25, 0.3) is 0 Å². The van der Waals surface area contributed by atoms with Gasteiger partial charge in [-0.05, 0) is 35.4 Å². The topological polar surface area (TPSA) is 23.5 Å². The van der Waals surface area contributed by atoms with E-state index in [4.69, 9.17) is 11.6 Å². The average Bonchev–Trinajstić information content (AvgIpc) is 2.43. The largest absolute Gasteiger partial charge is 0.388 e. The van der Waals surface area contributed by atoms with Gasteiger partial charge >= 0.3 is 0 Å². The van der Waals surface area contributed by atoms with Gasteiger partial charge in [-0.25, -0.2) is 4.39 Å². The third-order valence-corrected chi connectivity index (χ3v) is 3.51. The number of nitrogens with zero attached hydrogens (tertiary/aromatic N) is 1. The first kappa shape index (κ1) is 14.8. The normalized spacial score (nSPS) is 12.2. The molecule has 106 valence electrons. The van der Waals surface area contributed by atoms with Crippen LogP contribution < -0.4 is 4.90 Å². The van der Waals surface area contributed by atoms with Gasteiger partial charge in [0.1, 0.15) is 5.82 Å². The van der Waals surface area contributed by atoms with Gasteiger partial charge in [-0.2, -0.15) is 0 Å². The molecule has 2 aromatic carbocycles. The summed E-state index contributed by atoms with van der Waals surface area (Å²) in [5.74, 6) is -0.459. The van der Waals surface area contributed by atoms with Crippen LogP contribution in [-0.4, -0.2) is 19.2 Å². The maximum atomic E-state index is 13.4. The number of aliphatic hydroxyl groups is 1. The molecule has 0 aliphatic carbocycles. The lowest BCUT2D eigenvalue weighted by Gasteiger charge is -2.15. The highest BCUT2D eigenvalue weighted by atomic mass is 35.5. The van der Waals surface area contributed by atoms with Crippen LogP contribution in [0.5, 0.6) is 0 Å². The van der Waals surface area contributed by atoms with E-state index in [9.17, 15) is 9.50 Å². The summed E-state index contributed by atoms with van der Waals surface area (Å²) in [5.41, 5.74) is 2.60. The number of rotatable bonds is 4. The summed E-state index contributed by atoms with van der Waals surface area (Å²) in [7, 11) is 3.92. The number of anilines is 1. The molecule has 2 nitrogen and oxygen atoms in total. The lowest BCUT2D eigenvalue weighted by atomic mass is 10.0. The van der Waals surface area contributed by atoms with E-state index in [1.807, 2.05) is 43.3 Å². The summed E-state index contributed by atoms with van der Waals surface area (Å²) in [6.07, 6.45) is -0.304. The highest BCUT2D eigenvalue weighted by Gasteiger charge is 2.10. The van der Waals surface area contributed by atoms with Gasteiger partial charge in [0.2, 0.25) is 0 Å². The van der Waals surface area contributed by atoms with Gasteiger partial charge in [0.25, 0.3) is 0 Å². The number of aliphatic hydroxyl groups excluding tert-OH is 1. The van der Waals surface area contributed by atoms with E-state index in [1.165, 1.54) is 12.1 Å². The Kier molecular flexibility index (Phi) is 4.63. The van der Waals surface area contributed by atoms with Crippen molar-refractivity contribution in [3.8, 4) is 0 Å². The summed E-state index contributed by atoms with van der Waals surface area (Å²) in [6.45, 7) is 0. The Labute approximate surface area is 123 Å². The molecular formula is C16H17ClFNO. The summed E-state index contributed by atoms with van der Waals surface area (Å²) in [4.78, 5) is 1.99. The fourth-order valence-corrected chi connectivity index (χ4v) is 2.12. The van der Waals surface area contributed by atoms with Gasteiger partial charge in [0, 0.05) is 26.2 Å². The molecule has 0 heterocycles. The number of halogens is 2. The molecule has 4 heteroatoms. The van der Waals surface area contributed by atoms with Crippen molar-refractivity contribution in [2.24, 2.45) is 0 Å². The van der Waals surface area contributed by atoms with Crippen LogP contribution in [0.4, 0.5) is 10.1 Å². The van der Waals surface area contributed by atoms with Crippen LogP contribution >= 0.6 is 11.6 Å². The quantitative estimate of drug-likeness (QED) is 0.926. The van der Waals surface area contributed by atoms with Crippen molar-refractivity contribution in [1.82, 2.24) is 0 Å². The lowest BCUT2D eigenvalue weighted by Crippen LogP contribution is -2.09. The Morgan fingerprint density at radius 2 is 1.80 bits per heavy atom. The van der Waals surface area contributed by atoms with Gasteiger partial charge in [-0.1, -0.05) is 29.8 Å². The SMILES string of the molecule is CN(C)c1ccc(C(O)Cc2ccc(Cl)c(F)c2)cc1. The molecule has 0 aliphatic heterocycles. The average molecular weight is 294 g/mol.